The maximum absolute atomic E-state index is 12.7. The number of halogens is 1. The number of nitrogen functional groups attached to an aromatic ring is 2. The van der Waals surface area contributed by atoms with Crippen LogP contribution in [0, 0.1) is 12.3 Å². The van der Waals surface area contributed by atoms with Gasteiger partial charge in [0.15, 0.2) is 0 Å². The van der Waals surface area contributed by atoms with Crippen LogP contribution in [-0.4, -0.2) is 21.7 Å². The summed E-state index contributed by atoms with van der Waals surface area (Å²) in [7, 11) is 0. The number of furan rings is 1. The van der Waals surface area contributed by atoms with Crippen molar-refractivity contribution in [3.05, 3.63) is 86.7 Å². The van der Waals surface area contributed by atoms with Gasteiger partial charge in [-0.2, -0.15) is 0 Å². The number of H-pyrrole nitrogens is 1. The fourth-order valence-corrected chi connectivity index (χ4v) is 4.08. The van der Waals surface area contributed by atoms with E-state index in [2.05, 4.69) is 15.3 Å². The molecule has 174 valence electrons. The van der Waals surface area contributed by atoms with Crippen molar-refractivity contribution in [2.75, 3.05) is 11.1 Å². The van der Waals surface area contributed by atoms with Crippen LogP contribution in [0.4, 0.5) is 11.4 Å². The zero-order valence-corrected chi connectivity index (χ0v) is 19.2. The van der Waals surface area contributed by atoms with Gasteiger partial charge >= 0.3 is 0 Å². The van der Waals surface area contributed by atoms with Gasteiger partial charge in [-0.1, -0.05) is 23.2 Å². The maximum Gasteiger partial charge on any atom is 0.294 e. The van der Waals surface area contributed by atoms with Crippen molar-refractivity contribution in [1.29, 1.82) is 5.41 Å². The summed E-state index contributed by atoms with van der Waals surface area (Å²) in [4.78, 5) is 32.7. The number of fused-ring (bicyclic) bond motifs is 3. The minimum Gasteiger partial charge on any atom is -0.449 e. The number of amides is 1. The smallest absolute Gasteiger partial charge is 0.294 e. The molecule has 5 rings (SSSR count). The number of anilines is 2. The molecule has 35 heavy (non-hydrogen) atoms. The third kappa shape index (κ3) is 3.98. The van der Waals surface area contributed by atoms with Crippen molar-refractivity contribution in [2.24, 2.45) is 5.73 Å². The summed E-state index contributed by atoms with van der Waals surface area (Å²) in [5.41, 5.74) is 14.8. The number of hydrogen-bond donors (Lipinski definition) is 5. The molecule has 0 aliphatic carbocycles. The van der Waals surface area contributed by atoms with Crippen molar-refractivity contribution in [3.8, 4) is 11.4 Å². The Hall–Kier alpha value is -4.63. The summed E-state index contributed by atoms with van der Waals surface area (Å²) in [5, 5.41) is 11.3. The summed E-state index contributed by atoms with van der Waals surface area (Å²) >= 11 is 6.50. The average molecular weight is 487 g/mol. The first kappa shape index (κ1) is 22.2. The van der Waals surface area contributed by atoms with Crippen molar-refractivity contribution in [3.63, 3.8) is 0 Å². The van der Waals surface area contributed by atoms with Gasteiger partial charge in [0, 0.05) is 33.5 Å². The van der Waals surface area contributed by atoms with Gasteiger partial charge in [0.2, 0.25) is 5.58 Å². The Kier molecular flexibility index (Phi) is 5.26. The van der Waals surface area contributed by atoms with E-state index in [1.807, 2.05) is 19.1 Å². The number of aromatic nitrogens is 2. The summed E-state index contributed by atoms with van der Waals surface area (Å²) in [5.74, 6) is -0.382. The number of nitrogens with one attached hydrogen (secondary N) is 3. The average Bonchev–Trinajstić information content (AvgIpc) is 3.17. The van der Waals surface area contributed by atoms with Gasteiger partial charge in [0.1, 0.15) is 22.8 Å². The third-order valence-corrected chi connectivity index (χ3v) is 5.88. The fraction of sp³-hybridized carbons (Fsp3) is 0.0400. The second-order valence-electron chi connectivity index (χ2n) is 8.06. The van der Waals surface area contributed by atoms with Crippen LogP contribution in [-0.2, 0) is 0 Å². The summed E-state index contributed by atoms with van der Waals surface area (Å²) in [6.45, 7) is 1.95. The Labute approximate surface area is 203 Å². The van der Waals surface area contributed by atoms with Gasteiger partial charge in [0.25, 0.3) is 11.5 Å². The Morgan fingerprint density at radius 3 is 2.69 bits per heavy atom. The van der Waals surface area contributed by atoms with E-state index in [1.54, 1.807) is 24.3 Å². The first-order valence-electron chi connectivity index (χ1n) is 10.5. The van der Waals surface area contributed by atoms with Crippen LogP contribution in [0.1, 0.15) is 21.5 Å². The topological polar surface area (TPSA) is 164 Å². The quantitative estimate of drug-likeness (QED) is 0.143. The predicted octanol–water partition coefficient (Wildman–Crippen LogP) is 4.42. The first-order valence-corrected chi connectivity index (χ1v) is 10.9. The number of aryl methyl sites for hydroxylation is 1. The molecule has 9 nitrogen and oxygen atoms in total. The highest BCUT2D eigenvalue weighted by molar-refractivity contribution is 6.33. The van der Waals surface area contributed by atoms with Gasteiger partial charge < -0.3 is 26.2 Å². The molecule has 0 bridgehead atoms. The maximum atomic E-state index is 12.7. The molecule has 0 fully saturated rings. The van der Waals surface area contributed by atoms with E-state index in [9.17, 15) is 9.59 Å². The molecule has 10 heteroatoms. The number of carbonyl (C=O) groups excluding carboxylic acids is 1. The Morgan fingerprint density at radius 2 is 1.94 bits per heavy atom. The molecule has 0 atom stereocenters. The molecule has 1 amide bonds. The second kappa shape index (κ2) is 8.30. The van der Waals surface area contributed by atoms with E-state index in [-0.39, 0.29) is 33.4 Å². The Morgan fingerprint density at radius 1 is 1.14 bits per heavy atom. The minimum absolute atomic E-state index is 0.141. The predicted molar refractivity (Wildman–Crippen MR) is 137 cm³/mol. The van der Waals surface area contributed by atoms with Crippen molar-refractivity contribution in [1.82, 2.24) is 9.97 Å². The zero-order chi connectivity index (χ0) is 24.9. The second-order valence-corrected chi connectivity index (χ2v) is 8.47. The highest BCUT2D eigenvalue weighted by Crippen LogP contribution is 2.31. The normalized spacial score (nSPS) is 11.1. The van der Waals surface area contributed by atoms with Crippen LogP contribution in [0.25, 0.3) is 33.5 Å². The van der Waals surface area contributed by atoms with E-state index < -0.39 is 11.5 Å². The highest BCUT2D eigenvalue weighted by atomic mass is 35.5. The van der Waals surface area contributed by atoms with E-state index in [4.69, 9.17) is 32.9 Å². The number of nitrogens with zero attached hydrogens (tertiary/aromatic N) is 1. The van der Waals surface area contributed by atoms with Gasteiger partial charge in [0.05, 0.1) is 5.02 Å². The molecule has 0 saturated carbocycles. The lowest BCUT2D eigenvalue weighted by molar-refractivity contribution is 0.102. The molecule has 0 aliphatic heterocycles. The van der Waals surface area contributed by atoms with Crippen molar-refractivity contribution in [2.45, 2.75) is 6.92 Å². The van der Waals surface area contributed by atoms with Crippen LogP contribution >= 0.6 is 11.6 Å². The zero-order valence-electron chi connectivity index (χ0n) is 18.4. The standard InChI is InChI=1S/C25H19ClN6O3/c1-11-2-7-19-16(8-11)20-21(35-19)25(34)32-23(31-20)14-5-4-13(10-17(14)26)30-24(33)12-3-6-18(27)15(9-12)22(28)29/h2-10H,27H2,1H3,(H3,28,29)(H,30,33)(H,31,32,34). The Balaban J connectivity index is 1.49. The van der Waals surface area contributed by atoms with E-state index in [0.717, 1.165) is 10.9 Å². The molecular weight excluding hydrogens is 468 g/mol. The Bertz CT molecular complexity index is 1740. The summed E-state index contributed by atoms with van der Waals surface area (Å²) < 4.78 is 5.68. The first-order chi connectivity index (χ1) is 16.7. The molecule has 3 aromatic carbocycles. The summed E-state index contributed by atoms with van der Waals surface area (Å²) in [6, 6.07) is 15.0. The van der Waals surface area contributed by atoms with Crippen LogP contribution in [0.5, 0.6) is 0 Å². The van der Waals surface area contributed by atoms with E-state index in [0.29, 0.717) is 28.0 Å². The van der Waals surface area contributed by atoms with Gasteiger partial charge in [-0.15, -0.1) is 0 Å². The lowest BCUT2D eigenvalue weighted by atomic mass is 10.1. The van der Waals surface area contributed by atoms with Crippen LogP contribution < -0.4 is 22.3 Å². The molecule has 0 radical (unpaired) electrons. The summed E-state index contributed by atoms with van der Waals surface area (Å²) in [6.07, 6.45) is 0. The minimum atomic E-state index is -0.426. The molecule has 2 heterocycles. The van der Waals surface area contributed by atoms with Crippen molar-refractivity contribution >= 4 is 56.8 Å². The largest absolute Gasteiger partial charge is 0.449 e. The van der Waals surface area contributed by atoms with Crippen LogP contribution in [0.3, 0.4) is 0 Å². The SMILES string of the molecule is Cc1ccc2oc3c(=O)[nH]c(-c4ccc(NC(=O)c5ccc(N)c(C(=N)N)c5)cc4Cl)nc3c2c1. The molecular formula is C25H19ClN6O3. The molecule has 0 aliphatic rings. The van der Waals surface area contributed by atoms with Gasteiger partial charge in [-0.05, 0) is 55.5 Å². The van der Waals surface area contributed by atoms with Crippen LogP contribution in [0.15, 0.2) is 63.8 Å². The van der Waals surface area contributed by atoms with Crippen molar-refractivity contribution < 1.29 is 9.21 Å². The van der Waals surface area contributed by atoms with Crippen LogP contribution in [0.2, 0.25) is 5.02 Å². The van der Waals surface area contributed by atoms with E-state index >= 15 is 0 Å². The van der Waals surface area contributed by atoms with Gasteiger partial charge in [-0.3, -0.25) is 15.0 Å². The van der Waals surface area contributed by atoms with Gasteiger partial charge in [-0.25, -0.2) is 4.98 Å². The molecule has 5 aromatic rings. The molecule has 0 spiro atoms. The molecule has 0 unspecified atom stereocenters. The number of rotatable bonds is 4. The molecule has 2 aromatic heterocycles. The number of carbonyl (C=O) groups is 1. The van der Waals surface area contributed by atoms with E-state index in [1.165, 1.54) is 18.2 Å². The number of nitrogens with two attached hydrogens (primary N) is 2. The number of benzene rings is 3. The number of aromatic amines is 1. The molecule has 7 N–H and O–H groups in total. The number of amidine groups is 1. The lowest BCUT2D eigenvalue weighted by Gasteiger charge is -2.10. The third-order valence-electron chi connectivity index (χ3n) is 5.57. The monoisotopic (exact) mass is 486 g/mol. The lowest BCUT2D eigenvalue weighted by Crippen LogP contribution is -2.17. The highest BCUT2D eigenvalue weighted by Gasteiger charge is 2.17. The molecule has 0 saturated heterocycles. The fourth-order valence-electron chi connectivity index (χ4n) is 3.81. The number of hydrogen-bond acceptors (Lipinski definition) is 6.